The molecule has 0 aliphatic rings. The molecule has 0 radical (unpaired) electrons. The van der Waals surface area contributed by atoms with Crippen molar-refractivity contribution in [1.82, 2.24) is 18.7 Å². The number of hydrogen-bond donors (Lipinski definition) is 2. The molecule has 0 saturated heterocycles. The van der Waals surface area contributed by atoms with Gasteiger partial charge in [0.15, 0.2) is 0 Å². The summed E-state index contributed by atoms with van der Waals surface area (Å²) in [6.45, 7) is 3.29. The van der Waals surface area contributed by atoms with Crippen molar-refractivity contribution >= 4 is 28.9 Å². The molecule has 13 nitrogen and oxygen atoms in total. The quantitative estimate of drug-likeness (QED) is 0.221. The van der Waals surface area contributed by atoms with Crippen LogP contribution < -0.4 is 21.8 Å². The van der Waals surface area contributed by atoms with Crippen LogP contribution in [0.1, 0.15) is 32.1 Å². The molecular weight excluding hydrogens is 554 g/mol. The number of nitro benzene ring substituents is 1. The van der Waals surface area contributed by atoms with Crippen LogP contribution in [0, 0.1) is 24.0 Å². The van der Waals surface area contributed by atoms with Crippen molar-refractivity contribution < 1.29 is 14.5 Å². The molecule has 0 bridgehead atoms. The predicted molar refractivity (Wildman–Crippen MR) is 160 cm³/mol. The van der Waals surface area contributed by atoms with Gasteiger partial charge in [-0.05, 0) is 44.2 Å². The lowest BCUT2D eigenvalue weighted by Gasteiger charge is -2.08. The number of anilines is 2. The highest BCUT2D eigenvalue weighted by atomic mass is 16.6. The number of rotatable bonds is 7. The average Bonchev–Trinajstić information content (AvgIpc) is 3.35. The Kier molecular flexibility index (Phi) is 7.38. The SMILES string of the molecule is Cc1c(NC(=O)c2cc(C(=O)Nc3c(C)n(C)n(-c4ccccc4)c3=O)cc([N+](=O)[O-])c2)c(=O)n(-c2ccccc2)n1C. The minimum absolute atomic E-state index is 0.0183. The summed E-state index contributed by atoms with van der Waals surface area (Å²) in [5.41, 5.74) is 0.0423. The highest BCUT2D eigenvalue weighted by molar-refractivity contribution is 6.09. The van der Waals surface area contributed by atoms with Gasteiger partial charge in [-0.2, -0.15) is 0 Å². The molecule has 43 heavy (non-hydrogen) atoms. The third kappa shape index (κ3) is 5.14. The van der Waals surface area contributed by atoms with E-state index in [1.54, 1.807) is 98.0 Å². The number of non-ortho nitro benzene ring substituents is 1. The average molecular weight is 582 g/mol. The molecule has 3 aromatic carbocycles. The number of benzene rings is 3. The number of nitrogens with zero attached hydrogens (tertiary/aromatic N) is 5. The molecule has 0 fully saturated rings. The number of hydrogen-bond acceptors (Lipinski definition) is 6. The number of carbonyl (C=O) groups excluding carboxylic acids is 2. The highest BCUT2D eigenvalue weighted by Gasteiger charge is 2.24. The van der Waals surface area contributed by atoms with Crippen LogP contribution in [0.5, 0.6) is 0 Å². The Hall–Kier alpha value is -5.98. The third-order valence-corrected chi connectivity index (χ3v) is 7.24. The summed E-state index contributed by atoms with van der Waals surface area (Å²) in [7, 11) is 3.32. The predicted octanol–water partition coefficient (Wildman–Crippen LogP) is 3.70. The summed E-state index contributed by atoms with van der Waals surface area (Å²) in [5.74, 6) is -1.66. The van der Waals surface area contributed by atoms with Crippen LogP contribution in [0.3, 0.4) is 0 Å². The fourth-order valence-corrected chi connectivity index (χ4v) is 4.77. The first kappa shape index (κ1) is 28.5. The van der Waals surface area contributed by atoms with Gasteiger partial charge in [0, 0.05) is 37.4 Å². The molecule has 5 rings (SSSR count). The number of nitrogens with one attached hydrogen (secondary N) is 2. The van der Waals surface area contributed by atoms with Gasteiger partial charge in [0.1, 0.15) is 11.4 Å². The lowest BCUT2D eigenvalue weighted by molar-refractivity contribution is -0.384. The minimum Gasteiger partial charge on any atom is -0.316 e. The standard InChI is InChI=1S/C30H27N7O6/c1-18-25(29(40)35(33(18)3)22-11-7-5-8-12-22)31-27(38)20-15-21(17-24(16-20)37(42)43)28(39)32-26-19(2)34(4)36(30(26)41)23-13-9-6-10-14-23/h5-17H,1-4H3,(H,31,38)(H,32,39). The number of amides is 2. The van der Waals surface area contributed by atoms with Gasteiger partial charge >= 0.3 is 0 Å². The lowest BCUT2D eigenvalue weighted by atomic mass is 10.1. The number of nitro groups is 1. The van der Waals surface area contributed by atoms with Gasteiger partial charge in [-0.25, -0.2) is 9.36 Å². The Morgan fingerprint density at radius 3 is 1.40 bits per heavy atom. The highest BCUT2D eigenvalue weighted by Crippen LogP contribution is 2.22. The molecule has 2 heterocycles. The summed E-state index contributed by atoms with van der Waals surface area (Å²) < 4.78 is 5.90. The van der Waals surface area contributed by atoms with E-state index in [4.69, 9.17) is 0 Å². The maximum absolute atomic E-state index is 13.3. The fraction of sp³-hybridized carbons (Fsp3) is 0.133. The van der Waals surface area contributed by atoms with Gasteiger partial charge in [-0.3, -0.25) is 38.7 Å². The first-order valence-corrected chi connectivity index (χ1v) is 13.1. The molecule has 0 aliphatic heterocycles. The van der Waals surface area contributed by atoms with Gasteiger partial charge in [-0.1, -0.05) is 36.4 Å². The van der Waals surface area contributed by atoms with Crippen LogP contribution in [0.4, 0.5) is 17.1 Å². The molecule has 0 spiro atoms. The van der Waals surface area contributed by atoms with E-state index >= 15 is 0 Å². The molecule has 0 atom stereocenters. The first-order valence-electron chi connectivity index (χ1n) is 13.1. The zero-order valence-electron chi connectivity index (χ0n) is 23.7. The summed E-state index contributed by atoms with van der Waals surface area (Å²) in [6, 6.07) is 20.8. The van der Waals surface area contributed by atoms with E-state index in [1.807, 2.05) is 0 Å². The van der Waals surface area contributed by atoms with Crippen molar-refractivity contribution in [2.75, 3.05) is 10.6 Å². The summed E-state index contributed by atoms with van der Waals surface area (Å²) in [5, 5.41) is 16.8. The van der Waals surface area contributed by atoms with E-state index in [0.717, 1.165) is 12.1 Å². The van der Waals surface area contributed by atoms with Gasteiger partial charge < -0.3 is 10.6 Å². The largest absolute Gasteiger partial charge is 0.316 e. The number of para-hydroxylation sites is 2. The van der Waals surface area contributed by atoms with E-state index in [1.165, 1.54) is 15.4 Å². The second kappa shape index (κ2) is 11.1. The first-order chi connectivity index (χ1) is 20.5. The molecule has 218 valence electrons. The molecule has 0 aliphatic carbocycles. The summed E-state index contributed by atoms with van der Waals surface area (Å²) in [4.78, 5) is 64.1. The zero-order valence-corrected chi connectivity index (χ0v) is 23.7. The number of carbonyl (C=O) groups is 2. The van der Waals surface area contributed by atoms with Gasteiger partial charge in [0.2, 0.25) is 0 Å². The maximum atomic E-state index is 13.3. The van der Waals surface area contributed by atoms with Crippen LogP contribution in [0.15, 0.2) is 88.5 Å². The summed E-state index contributed by atoms with van der Waals surface area (Å²) in [6.07, 6.45) is 0. The molecule has 13 heteroatoms. The van der Waals surface area contributed by atoms with Crippen molar-refractivity contribution in [3.8, 4) is 11.4 Å². The van der Waals surface area contributed by atoms with Gasteiger partial charge in [0.05, 0.1) is 27.7 Å². The van der Waals surface area contributed by atoms with E-state index < -0.39 is 33.5 Å². The van der Waals surface area contributed by atoms with Crippen molar-refractivity contribution in [3.63, 3.8) is 0 Å². The van der Waals surface area contributed by atoms with Crippen LogP contribution in [0.2, 0.25) is 0 Å². The Balaban J connectivity index is 1.48. The van der Waals surface area contributed by atoms with E-state index in [-0.39, 0.29) is 22.5 Å². The maximum Gasteiger partial charge on any atom is 0.295 e. The van der Waals surface area contributed by atoms with Crippen molar-refractivity contribution in [2.24, 2.45) is 14.1 Å². The smallest absolute Gasteiger partial charge is 0.295 e. The molecule has 0 unspecified atom stereocenters. The fourth-order valence-electron chi connectivity index (χ4n) is 4.77. The lowest BCUT2D eigenvalue weighted by Crippen LogP contribution is -2.24. The molecule has 2 N–H and O–H groups in total. The van der Waals surface area contributed by atoms with E-state index in [2.05, 4.69) is 10.6 Å². The van der Waals surface area contributed by atoms with E-state index in [0.29, 0.717) is 22.8 Å². The normalized spacial score (nSPS) is 10.9. The van der Waals surface area contributed by atoms with Crippen LogP contribution in [-0.4, -0.2) is 35.5 Å². The minimum atomic E-state index is -0.828. The van der Waals surface area contributed by atoms with Crippen molar-refractivity contribution in [3.05, 3.63) is 132 Å². The van der Waals surface area contributed by atoms with Gasteiger partial charge in [0.25, 0.3) is 28.6 Å². The zero-order chi connectivity index (χ0) is 31.0. The van der Waals surface area contributed by atoms with Crippen molar-refractivity contribution in [2.45, 2.75) is 13.8 Å². The Bertz CT molecular complexity index is 1880. The van der Waals surface area contributed by atoms with Crippen LogP contribution in [-0.2, 0) is 14.1 Å². The van der Waals surface area contributed by atoms with E-state index in [9.17, 15) is 29.3 Å². The second-order valence-electron chi connectivity index (χ2n) is 9.81. The Labute approximate surface area is 244 Å². The second-order valence-corrected chi connectivity index (χ2v) is 9.81. The molecular formula is C30H27N7O6. The molecule has 5 aromatic rings. The number of aromatic nitrogens is 4. The monoisotopic (exact) mass is 581 g/mol. The Morgan fingerprint density at radius 2 is 1.05 bits per heavy atom. The van der Waals surface area contributed by atoms with Crippen LogP contribution >= 0.6 is 0 Å². The van der Waals surface area contributed by atoms with Crippen molar-refractivity contribution in [1.29, 1.82) is 0 Å². The van der Waals surface area contributed by atoms with Crippen LogP contribution in [0.25, 0.3) is 11.4 Å². The summed E-state index contributed by atoms with van der Waals surface area (Å²) >= 11 is 0. The topological polar surface area (TPSA) is 155 Å². The van der Waals surface area contributed by atoms with Gasteiger partial charge in [-0.15, -0.1) is 0 Å². The molecule has 2 aromatic heterocycles. The Morgan fingerprint density at radius 1 is 0.674 bits per heavy atom. The third-order valence-electron chi connectivity index (χ3n) is 7.24. The molecule has 0 saturated carbocycles. The molecule has 2 amide bonds.